The molecule has 1 N–H and O–H groups in total. The highest BCUT2D eigenvalue weighted by Crippen LogP contribution is 2.32. The van der Waals surface area contributed by atoms with Crippen LogP contribution in [0, 0.1) is 0 Å². The van der Waals surface area contributed by atoms with Gasteiger partial charge in [0.1, 0.15) is 5.82 Å². The lowest BCUT2D eigenvalue weighted by Crippen LogP contribution is -2.29. The Hall–Kier alpha value is -2.61. The van der Waals surface area contributed by atoms with E-state index in [1.807, 2.05) is 0 Å². The van der Waals surface area contributed by atoms with Crippen LogP contribution in [-0.4, -0.2) is 39.5 Å². The first-order valence-electron chi connectivity index (χ1n) is 7.36. The topological polar surface area (TPSA) is 75.2 Å². The van der Waals surface area contributed by atoms with Crippen molar-refractivity contribution >= 4 is 34.8 Å². The molecule has 0 fully saturated rings. The number of rotatable bonds is 5. The summed E-state index contributed by atoms with van der Waals surface area (Å²) < 4.78 is 25.3. The van der Waals surface area contributed by atoms with Crippen molar-refractivity contribution in [2.75, 3.05) is 11.9 Å². The van der Waals surface area contributed by atoms with Gasteiger partial charge in [-0.05, 0) is 30.2 Å². The Morgan fingerprint density at radius 1 is 1.44 bits per heavy atom. The first kappa shape index (κ1) is 17.2. The van der Waals surface area contributed by atoms with E-state index in [1.54, 1.807) is 18.2 Å². The number of hydrogen-bond acceptors (Lipinski definition) is 5. The molecule has 3 rings (SSSR count). The van der Waals surface area contributed by atoms with Gasteiger partial charge in [0.05, 0.1) is 23.4 Å². The lowest BCUT2D eigenvalue weighted by molar-refractivity contribution is 0.0578. The minimum absolute atomic E-state index is 0.0641. The number of anilines is 2. The number of nitrogens with one attached hydrogen (secondary N) is 1. The highest BCUT2D eigenvalue weighted by Gasteiger charge is 2.31. The van der Waals surface area contributed by atoms with Crippen LogP contribution in [0.25, 0.3) is 0 Å². The Morgan fingerprint density at radius 3 is 2.88 bits per heavy atom. The van der Waals surface area contributed by atoms with Crippen molar-refractivity contribution in [2.24, 2.45) is 0 Å². The van der Waals surface area contributed by atoms with E-state index in [-0.39, 0.29) is 34.6 Å². The average Bonchev–Trinajstić information content (AvgIpc) is 2.83. The van der Waals surface area contributed by atoms with Gasteiger partial charge in [-0.2, -0.15) is 4.98 Å². The minimum atomic E-state index is -2.61. The van der Waals surface area contributed by atoms with E-state index in [9.17, 15) is 18.4 Å². The lowest BCUT2D eigenvalue weighted by atomic mass is 10.1. The van der Waals surface area contributed by atoms with E-state index in [0.717, 1.165) is 4.90 Å². The van der Waals surface area contributed by atoms with E-state index in [4.69, 9.17) is 11.6 Å². The maximum Gasteiger partial charge on any atom is 0.256 e. The molecular formula is C16H13ClF2N4O2. The van der Waals surface area contributed by atoms with Gasteiger partial charge in [0, 0.05) is 12.7 Å². The maximum absolute atomic E-state index is 12.6. The molecule has 1 aromatic heterocycles. The predicted octanol–water partition coefficient (Wildman–Crippen LogP) is 3.30. The van der Waals surface area contributed by atoms with Gasteiger partial charge in [0.25, 0.3) is 12.3 Å². The van der Waals surface area contributed by atoms with Crippen LogP contribution in [0.3, 0.4) is 0 Å². The van der Waals surface area contributed by atoms with Gasteiger partial charge in [0.15, 0.2) is 5.78 Å². The number of ketones is 1. The molecule has 1 amide bonds. The van der Waals surface area contributed by atoms with Crippen molar-refractivity contribution in [3.8, 4) is 0 Å². The number of aromatic nitrogens is 2. The molecule has 9 heteroatoms. The second-order valence-electron chi connectivity index (χ2n) is 5.50. The van der Waals surface area contributed by atoms with Gasteiger partial charge < -0.3 is 10.2 Å². The fourth-order valence-corrected chi connectivity index (χ4v) is 2.81. The Balaban J connectivity index is 1.98. The quantitative estimate of drug-likeness (QED) is 0.649. The van der Waals surface area contributed by atoms with Gasteiger partial charge in [0.2, 0.25) is 5.28 Å². The number of alkyl halides is 2. The third kappa shape index (κ3) is 3.43. The number of benzene rings is 1. The number of Topliss-reactive ketones (excluding diaryl/α,β-unsaturated/α-hetero) is 1. The molecule has 2 heterocycles. The van der Waals surface area contributed by atoms with E-state index in [1.165, 1.54) is 13.1 Å². The molecule has 0 bridgehead atoms. The van der Waals surface area contributed by atoms with Gasteiger partial charge in [-0.15, -0.1) is 0 Å². The lowest BCUT2D eigenvalue weighted by Gasteiger charge is -2.15. The smallest absolute Gasteiger partial charge is 0.256 e. The molecule has 1 aromatic carbocycles. The van der Waals surface area contributed by atoms with Crippen molar-refractivity contribution in [2.45, 2.75) is 19.9 Å². The molecule has 0 saturated carbocycles. The van der Waals surface area contributed by atoms with Crippen molar-refractivity contribution in [3.63, 3.8) is 0 Å². The number of amides is 1. The normalized spacial score (nSPS) is 13.3. The summed E-state index contributed by atoms with van der Waals surface area (Å²) in [6.07, 6.45) is -1.33. The number of nitrogens with zero attached hydrogens (tertiary/aromatic N) is 3. The SMILES string of the molecule is CC(=O)c1cnc(Cl)nc1Nc1cccc2c1C(=O)N(CC(F)F)C2. The molecule has 2 aromatic rings. The molecule has 0 spiro atoms. The minimum Gasteiger partial charge on any atom is -0.339 e. The highest BCUT2D eigenvalue weighted by atomic mass is 35.5. The third-order valence-electron chi connectivity index (χ3n) is 3.76. The summed E-state index contributed by atoms with van der Waals surface area (Å²) in [6.45, 7) is 0.825. The van der Waals surface area contributed by atoms with Crippen molar-refractivity contribution in [1.82, 2.24) is 14.9 Å². The van der Waals surface area contributed by atoms with Crippen LogP contribution in [-0.2, 0) is 6.54 Å². The summed E-state index contributed by atoms with van der Waals surface area (Å²) in [5, 5.41) is 2.84. The number of fused-ring (bicyclic) bond motifs is 1. The Kier molecular flexibility index (Phi) is 4.63. The van der Waals surface area contributed by atoms with Crippen LogP contribution < -0.4 is 5.32 Å². The molecule has 0 unspecified atom stereocenters. The molecule has 0 radical (unpaired) electrons. The van der Waals surface area contributed by atoms with E-state index < -0.39 is 18.9 Å². The van der Waals surface area contributed by atoms with Crippen molar-refractivity contribution in [3.05, 3.63) is 46.4 Å². The fourth-order valence-electron chi connectivity index (χ4n) is 2.68. The Morgan fingerprint density at radius 2 is 2.20 bits per heavy atom. The van der Waals surface area contributed by atoms with Crippen LogP contribution in [0.4, 0.5) is 20.3 Å². The zero-order valence-corrected chi connectivity index (χ0v) is 13.8. The van der Waals surface area contributed by atoms with Crippen molar-refractivity contribution < 1.29 is 18.4 Å². The molecule has 1 aliphatic rings. The van der Waals surface area contributed by atoms with E-state index >= 15 is 0 Å². The van der Waals surface area contributed by atoms with Crippen LogP contribution in [0.1, 0.15) is 33.2 Å². The van der Waals surface area contributed by atoms with Crippen LogP contribution in [0.15, 0.2) is 24.4 Å². The largest absolute Gasteiger partial charge is 0.339 e. The fraction of sp³-hybridized carbons (Fsp3) is 0.250. The highest BCUT2D eigenvalue weighted by molar-refractivity contribution is 6.28. The molecule has 130 valence electrons. The molecule has 25 heavy (non-hydrogen) atoms. The number of carbonyl (C=O) groups excluding carboxylic acids is 2. The van der Waals surface area contributed by atoms with Gasteiger partial charge in [-0.1, -0.05) is 12.1 Å². The summed E-state index contributed by atoms with van der Waals surface area (Å²) in [5.41, 5.74) is 1.49. The summed E-state index contributed by atoms with van der Waals surface area (Å²) >= 11 is 5.78. The van der Waals surface area contributed by atoms with E-state index in [2.05, 4.69) is 15.3 Å². The second-order valence-corrected chi connectivity index (χ2v) is 5.84. The van der Waals surface area contributed by atoms with Crippen LogP contribution in [0.2, 0.25) is 5.28 Å². The van der Waals surface area contributed by atoms with Crippen molar-refractivity contribution in [1.29, 1.82) is 0 Å². The van der Waals surface area contributed by atoms with Crippen LogP contribution >= 0.6 is 11.6 Å². The molecule has 6 nitrogen and oxygen atoms in total. The van der Waals surface area contributed by atoms with Gasteiger partial charge in [-0.3, -0.25) is 9.59 Å². The second kappa shape index (κ2) is 6.72. The van der Waals surface area contributed by atoms with Crippen LogP contribution in [0.5, 0.6) is 0 Å². The molecule has 0 aliphatic carbocycles. The maximum atomic E-state index is 12.6. The zero-order chi connectivity index (χ0) is 18.1. The third-order valence-corrected chi connectivity index (χ3v) is 3.95. The number of hydrogen-bond donors (Lipinski definition) is 1. The van der Waals surface area contributed by atoms with E-state index in [0.29, 0.717) is 11.3 Å². The summed E-state index contributed by atoms with van der Waals surface area (Å²) in [4.78, 5) is 33.0. The summed E-state index contributed by atoms with van der Waals surface area (Å²) in [6, 6.07) is 5.00. The number of carbonyl (C=O) groups is 2. The first-order chi connectivity index (χ1) is 11.9. The Labute approximate surface area is 146 Å². The Bertz CT molecular complexity index is 860. The average molecular weight is 367 g/mol. The predicted molar refractivity (Wildman–Crippen MR) is 87.5 cm³/mol. The molecule has 0 atom stereocenters. The standard InChI is InChI=1S/C16H13ClF2N4O2/c1-8(24)10-5-20-16(17)22-14(10)21-11-4-2-3-9-6-23(7-12(18)19)15(25)13(9)11/h2-5,12H,6-7H2,1H3,(H,20,21,22). The molecule has 0 saturated heterocycles. The first-order valence-corrected chi connectivity index (χ1v) is 7.74. The number of halogens is 3. The summed E-state index contributed by atoms with van der Waals surface area (Å²) in [5.74, 6) is -0.624. The van der Waals surface area contributed by atoms with Gasteiger partial charge >= 0.3 is 0 Å². The molecule has 1 aliphatic heterocycles. The molecular weight excluding hydrogens is 354 g/mol. The van der Waals surface area contributed by atoms with Gasteiger partial charge in [-0.25, -0.2) is 13.8 Å². The zero-order valence-electron chi connectivity index (χ0n) is 13.1. The monoisotopic (exact) mass is 366 g/mol. The summed E-state index contributed by atoms with van der Waals surface area (Å²) in [7, 11) is 0.